The lowest BCUT2D eigenvalue weighted by molar-refractivity contribution is 0.0938. The molecule has 1 fully saturated rings. The first kappa shape index (κ1) is 19.5. The van der Waals surface area contributed by atoms with Crippen molar-refractivity contribution in [3.63, 3.8) is 0 Å². The molecule has 1 saturated carbocycles. The lowest BCUT2D eigenvalue weighted by Gasteiger charge is -2.12. The molecule has 1 amide bonds. The van der Waals surface area contributed by atoms with E-state index in [1.165, 1.54) is 30.3 Å². The Labute approximate surface area is 159 Å². The van der Waals surface area contributed by atoms with E-state index in [0.29, 0.717) is 11.1 Å². The highest BCUT2D eigenvalue weighted by molar-refractivity contribution is 7.89. The minimum Gasteiger partial charge on any atom is -0.349 e. The summed E-state index contributed by atoms with van der Waals surface area (Å²) < 4.78 is 40.8. The van der Waals surface area contributed by atoms with Crippen molar-refractivity contribution >= 4 is 15.9 Å². The molecule has 144 valence electrons. The highest BCUT2D eigenvalue weighted by Crippen LogP contribution is 2.18. The molecule has 0 bridgehead atoms. The first-order valence-corrected chi connectivity index (χ1v) is 10.6. The molecule has 0 heterocycles. The molecule has 3 rings (SSSR count). The monoisotopic (exact) mass is 390 g/mol. The van der Waals surface area contributed by atoms with E-state index >= 15 is 0 Å². The van der Waals surface area contributed by atoms with Gasteiger partial charge in [-0.15, -0.1) is 0 Å². The normalized spacial score (nSPS) is 15.0. The predicted octanol–water partition coefficient (Wildman–Crippen LogP) is 3.02. The fraction of sp³-hybridized carbons (Fsp3) is 0.350. The van der Waals surface area contributed by atoms with Crippen LogP contribution in [0.4, 0.5) is 4.39 Å². The summed E-state index contributed by atoms with van der Waals surface area (Å²) in [7, 11) is -3.71. The summed E-state index contributed by atoms with van der Waals surface area (Å²) in [6.07, 6.45) is 4.49. The summed E-state index contributed by atoms with van der Waals surface area (Å²) in [6, 6.07) is 12.3. The smallest absolute Gasteiger partial charge is 0.251 e. The number of hydrogen-bond acceptors (Lipinski definition) is 3. The third-order valence-electron chi connectivity index (χ3n) is 4.76. The lowest BCUT2D eigenvalue weighted by Crippen LogP contribution is -2.32. The van der Waals surface area contributed by atoms with Crippen LogP contribution in [-0.4, -0.2) is 26.9 Å². The molecule has 2 N–H and O–H groups in total. The summed E-state index contributed by atoms with van der Waals surface area (Å²) in [5, 5.41) is 2.97. The molecular weight excluding hydrogens is 367 g/mol. The van der Waals surface area contributed by atoms with Crippen molar-refractivity contribution in [2.75, 3.05) is 6.54 Å². The minimum atomic E-state index is -3.71. The second kappa shape index (κ2) is 8.63. The number of benzene rings is 2. The summed E-state index contributed by atoms with van der Waals surface area (Å²) in [4.78, 5) is 12.3. The second-order valence-corrected chi connectivity index (χ2v) is 8.49. The molecular formula is C20H23FN2O3S. The Bertz CT molecular complexity index is 892. The van der Waals surface area contributed by atoms with E-state index < -0.39 is 10.0 Å². The van der Waals surface area contributed by atoms with Crippen LogP contribution in [0.2, 0.25) is 0 Å². The number of amides is 1. The van der Waals surface area contributed by atoms with E-state index in [4.69, 9.17) is 0 Å². The van der Waals surface area contributed by atoms with E-state index in [-0.39, 0.29) is 35.6 Å². The molecule has 0 radical (unpaired) electrons. The van der Waals surface area contributed by atoms with Crippen molar-refractivity contribution < 1.29 is 17.6 Å². The van der Waals surface area contributed by atoms with Gasteiger partial charge in [0.05, 0.1) is 4.90 Å². The number of hydrogen-bond donors (Lipinski definition) is 2. The van der Waals surface area contributed by atoms with Crippen LogP contribution in [0.15, 0.2) is 53.4 Å². The Morgan fingerprint density at radius 2 is 1.70 bits per heavy atom. The van der Waals surface area contributed by atoms with Gasteiger partial charge in [0.15, 0.2) is 0 Å². The third-order valence-corrected chi connectivity index (χ3v) is 6.24. The average molecular weight is 390 g/mol. The molecule has 0 saturated heterocycles. The van der Waals surface area contributed by atoms with Crippen LogP contribution in [0.3, 0.4) is 0 Å². The second-order valence-electron chi connectivity index (χ2n) is 6.72. The lowest BCUT2D eigenvalue weighted by atomic mass is 10.1. The largest absolute Gasteiger partial charge is 0.349 e. The number of halogens is 1. The molecule has 27 heavy (non-hydrogen) atoms. The maximum absolute atomic E-state index is 13.6. The zero-order chi connectivity index (χ0) is 19.3. The van der Waals surface area contributed by atoms with Crippen LogP contribution in [0.1, 0.15) is 41.6 Å². The van der Waals surface area contributed by atoms with Crippen LogP contribution >= 0.6 is 0 Å². The molecule has 0 spiro atoms. The molecule has 1 aliphatic carbocycles. The molecule has 0 aromatic heterocycles. The summed E-state index contributed by atoms with van der Waals surface area (Å²) in [6.45, 7) is 0.0905. The predicted molar refractivity (Wildman–Crippen MR) is 101 cm³/mol. The maximum Gasteiger partial charge on any atom is 0.251 e. The number of rotatable bonds is 7. The fourth-order valence-corrected chi connectivity index (χ4v) is 4.26. The first-order chi connectivity index (χ1) is 13.0. The van der Waals surface area contributed by atoms with Gasteiger partial charge in [0.1, 0.15) is 5.82 Å². The van der Waals surface area contributed by atoms with Crippen molar-refractivity contribution in [3.8, 4) is 0 Å². The minimum absolute atomic E-state index is 0.0773. The zero-order valence-corrected chi connectivity index (χ0v) is 15.8. The van der Waals surface area contributed by atoms with Crippen LogP contribution < -0.4 is 10.0 Å². The van der Waals surface area contributed by atoms with E-state index in [1.54, 1.807) is 18.2 Å². The quantitative estimate of drug-likeness (QED) is 0.763. The van der Waals surface area contributed by atoms with Gasteiger partial charge < -0.3 is 5.32 Å². The van der Waals surface area contributed by atoms with Crippen molar-refractivity contribution in [2.45, 2.75) is 43.0 Å². The van der Waals surface area contributed by atoms with E-state index in [2.05, 4.69) is 10.0 Å². The fourth-order valence-electron chi connectivity index (χ4n) is 3.23. The molecule has 1 aliphatic rings. The average Bonchev–Trinajstić information content (AvgIpc) is 3.16. The Morgan fingerprint density at radius 3 is 2.37 bits per heavy atom. The molecule has 7 heteroatoms. The zero-order valence-electron chi connectivity index (χ0n) is 14.9. The van der Waals surface area contributed by atoms with E-state index in [9.17, 15) is 17.6 Å². The van der Waals surface area contributed by atoms with Crippen molar-refractivity contribution in [1.29, 1.82) is 0 Å². The van der Waals surface area contributed by atoms with Gasteiger partial charge in [0, 0.05) is 18.2 Å². The Hall–Kier alpha value is -2.25. The van der Waals surface area contributed by atoms with E-state index in [1.807, 2.05) is 0 Å². The van der Waals surface area contributed by atoms with E-state index in [0.717, 1.165) is 25.7 Å². The highest BCUT2D eigenvalue weighted by atomic mass is 32.2. The number of carbonyl (C=O) groups excluding carboxylic acids is 1. The molecule has 2 aromatic carbocycles. The number of sulfonamides is 1. The molecule has 0 aliphatic heterocycles. The maximum atomic E-state index is 13.6. The molecule has 2 aromatic rings. The SMILES string of the molecule is O=C(NC1CCCC1)c1ccc(S(=O)(=O)NCCc2ccccc2F)cc1. The Balaban J connectivity index is 1.57. The molecule has 5 nitrogen and oxygen atoms in total. The van der Waals surface area contributed by atoms with Gasteiger partial charge in [0.25, 0.3) is 5.91 Å². The van der Waals surface area contributed by atoms with Gasteiger partial charge in [-0.05, 0) is 55.2 Å². The van der Waals surface area contributed by atoms with Crippen LogP contribution in [-0.2, 0) is 16.4 Å². The van der Waals surface area contributed by atoms with Crippen LogP contribution in [0.5, 0.6) is 0 Å². The topological polar surface area (TPSA) is 75.3 Å². The summed E-state index contributed by atoms with van der Waals surface area (Å²) >= 11 is 0. The van der Waals surface area contributed by atoms with Gasteiger partial charge in [-0.3, -0.25) is 4.79 Å². The standard InChI is InChI=1S/C20H23FN2O3S/c21-19-8-4-1-5-15(19)13-14-22-27(25,26)18-11-9-16(10-12-18)20(24)23-17-6-2-3-7-17/h1,4-5,8-12,17,22H,2-3,6-7,13-14H2,(H,23,24). The summed E-state index contributed by atoms with van der Waals surface area (Å²) in [5.41, 5.74) is 0.895. The van der Waals surface area contributed by atoms with Gasteiger partial charge in [-0.1, -0.05) is 31.0 Å². The van der Waals surface area contributed by atoms with Gasteiger partial charge >= 0.3 is 0 Å². The van der Waals surface area contributed by atoms with Gasteiger partial charge in [-0.2, -0.15) is 0 Å². The first-order valence-electron chi connectivity index (χ1n) is 9.10. The summed E-state index contributed by atoms with van der Waals surface area (Å²) in [5.74, 6) is -0.535. The van der Waals surface area contributed by atoms with Crippen molar-refractivity contribution in [3.05, 3.63) is 65.5 Å². The highest BCUT2D eigenvalue weighted by Gasteiger charge is 2.19. The van der Waals surface area contributed by atoms with Crippen LogP contribution in [0, 0.1) is 5.82 Å². The Kier molecular flexibility index (Phi) is 6.23. The Morgan fingerprint density at radius 1 is 1.04 bits per heavy atom. The van der Waals surface area contributed by atoms with Crippen LogP contribution in [0.25, 0.3) is 0 Å². The molecule has 0 unspecified atom stereocenters. The van der Waals surface area contributed by atoms with Gasteiger partial charge in [0.2, 0.25) is 10.0 Å². The number of carbonyl (C=O) groups is 1. The van der Waals surface area contributed by atoms with Crippen molar-refractivity contribution in [1.82, 2.24) is 10.0 Å². The third kappa shape index (κ3) is 5.14. The van der Waals surface area contributed by atoms with Gasteiger partial charge in [-0.25, -0.2) is 17.5 Å². The van der Waals surface area contributed by atoms with Crippen molar-refractivity contribution in [2.24, 2.45) is 0 Å². The molecule has 0 atom stereocenters. The number of nitrogens with one attached hydrogen (secondary N) is 2.